The van der Waals surface area contributed by atoms with E-state index in [1.165, 1.54) is 22.9 Å². The zero-order valence-electron chi connectivity index (χ0n) is 11.1. The van der Waals surface area contributed by atoms with Crippen molar-refractivity contribution in [2.45, 2.75) is 19.4 Å². The lowest BCUT2D eigenvalue weighted by Crippen LogP contribution is -2.37. The highest BCUT2D eigenvalue weighted by Crippen LogP contribution is 2.28. The van der Waals surface area contributed by atoms with Gasteiger partial charge in [0.25, 0.3) is 5.56 Å². The van der Waals surface area contributed by atoms with Gasteiger partial charge in [-0.15, -0.1) is 0 Å². The van der Waals surface area contributed by atoms with Gasteiger partial charge in [-0.3, -0.25) is 14.4 Å². The number of aromatic nitrogens is 1. The van der Waals surface area contributed by atoms with Crippen LogP contribution in [0.1, 0.15) is 12.8 Å². The Kier molecular flexibility index (Phi) is 4.39. The van der Waals surface area contributed by atoms with Crippen LogP contribution in [0.2, 0.25) is 0 Å². The number of pyridine rings is 1. The van der Waals surface area contributed by atoms with Crippen molar-refractivity contribution in [3.8, 4) is 0 Å². The first kappa shape index (κ1) is 14.1. The zero-order valence-corrected chi connectivity index (χ0v) is 11.1. The number of nitrogens with zero attached hydrogens (tertiary/aromatic N) is 1. The molecule has 1 aliphatic rings. The minimum atomic E-state index is -0.293. The van der Waals surface area contributed by atoms with Gasteiger partial charge in [-0.25, -0.2) is 0 Å². The van der Waals surface area contributed by atoms with Gasteiger partial charge < -0.3 is 20.9 Å². The third-order valence-electron chi connectivity index (χ3n) is 3.01. The zero-order chi connectivity index (χ0) is 14.5. The van der Waals surface area contributed by atoms with E-state index in [2.05, 4.69) is 10.6 Å². The summed E-state index contributed by atoms with van der Waals surface area (Å²) in [6.07, 6.45) is 3.34. The molecule has 1 aliphatic carbocycles. The molecule has 0 unspecified atom stereocenters. The van der Waals surface area contributed by atoms with E-state index < -0.39 is 0 Å². The van der Waals surface area contributed by atoms with Crippen molar-refractivity contribution >= 4 is 17.5 Å². The normalized spacial score (nSPS) is 13.8. The number of hydrogen-bond donors (Lipinski definition) is 3. The van der Waals surface area contributed by atoms with Crippen molar-refractivity contribution < 1.29 is 9.59 Å². The monoisotopic (exact) mass is 278 g/mol. The maximum atomic E-state index is 11.6. The summed E-state index contributed by atoms with van der Waals surface area (Å²) in [5.41, 5.74) is 5.70. The minimum absolute atomic E-state index is 0.0475. The molecule has 4 N–H and O–H groups in total. The molecule has 7 nitrogen and oxygen atoms in total. The Labute approximate surface area is 116 Å². The highest BCUT2D eigenvalue weighted by atomic mass is 16.2. The van der Waals surface area contributed by atoms with E-state index in [4.69, 9.17) is 5.73 Å². The Hall–Kier alpha value is -2.31. The molecule has 0 radical (unpaired) electrons. The molecule has 0 aliphatic heterocycles. The van der Waals surface area contributed by atoms with Gasteiger partial charge in [-0.2, -0.15) is 0 Å². The molecule has 2 rings (SSSR count). The van der Waals surface area contributed by atoms with Crippen LogP contribution in [0.5, 0.6) is 0 Å². The van der Waals surface area contributed by atoms with Gasteiger partial charge in [-0.05, 0) is 18.9 Å². The van der Waals surface area contributed by atoms with E-state index in [0.29, 0.717) is 18.8 Å². The van der Waals surface area contributed by atoms with Crippen molar-refractivity contribution in [2.75, 3.05) is 18.8 Å². The lowest BCUT2D eigenvalue weighted by Gasteiger charge is -2.08. The number of nitrogens with one attached hydrogen (secondary N) is 2. The van der Waals surface area contributed by atoms with Crippen molar-refractivity contribution in [1.29, 1.82) is 0 Å². The first-order valence-corrected chi connectivity index (χ1v) is 6.56. The summed E-state index contributed by atoms with van der Waals surface area (Å²) in [6, 6.07) is 2.81. The molecule has 2 amide bonds. The van der Waals surface area contributed by atoms with Crippen LogP contribution in [-0.4, -0.2) is 29.5 Å². The Morgan fingerprint density at radius 2 is 1.95 bits per heavy atom. The third-order valence-corrected chi connectivity index (χ3v) is 3.01. The topological polar surface area (TPSA) is 106 Å². The molecular formula is C13H18N4O3. The highest BCUT2D eigenvalue weighted by Gasteiger charge is 2.28. The maximum absolute atomic E-state index is 11.6. The number of amides is 2. The quantitative estimate of drug-likeness (QED) is 0.585. The number of rotatable bonds is 6. The van der Waals surface area contributed by atoms with Crippen LogP contribution >= 0.6 is 0 Å². The fourth-order valence-corrected chi connectivity index (χ4v) is 1.76. The smallest absolute Gasteiger partial charge is 0.251 e. The molecule has 1 fully saturated rings. The number of hydrogen-bond acceptors (Lipinski definition) is 4. The SMILES string of the molecule is Nc1ccc(=O)n(CC(=O)NCCNC(=O)C2CC2)c1. The standard InChI is InChI=1S/C13H18N4O3/c14-10-3-4-12(19)17(7-10)8-11(18)15-5-6-16-13(20)9-1-2-9/h3-4,7,9H,1-2,5-6,8,14H2,(H,15,18)(H,16,20). The molecule has 7 heteroatoms. The molecule has 0 bridgehead atoms. The van der Waals surface area contributed by atoms with E-state index >= 15 is 0 Å². The molecule has 1 aromatic rings. The van der Waals surface area contributed by atoms with Crippen LogP contribution < -0.4 is 21.9 Å². The van der Waals surface area contributed by atoms with Crippen LogP contribution in [0.3, 0.4) is 0 Å². The summed E-state index contributed by atoms with van der Waals surface area (Å²) >= 11 is 0. The number of nitrogen functional groups attached to an aromatic ring is 1. The summed E-state index contributed by atoms with van der Waals surface area (Å²) in [5.74, 6) is -0.0822. The van der Waals surface area contributed by atoms with Gasteiger partial charge in [0.15, 0.2) is 0 Å². The molecule has 0 spiro atoms. The van der Waals surface area contributed by atoms with E-state index in [0.717, 1.165) is 12.8 Å². The first-order chi connectivity index (χ1) is 9.56. The summed E-state index contributed by atoms with van der Waals surface area (Å²) in [7, 11) is 0. The van der Waals surface area contributed by atoms with Crippen molar-refractivity contribution in [2.24, 2.45) is 5.92 Å². The fourth-order valence-electron chi connectivity index (χ4n) is 1.76. The largest absolute Gasteiger partial charge is 0.398 e. The van der Waals surface area contributed by atoms with E-state index in [1.54, 1.807) is 0 Å². The van der Waals surface area contributed by atoms with Gasteiger partial charge in [0.05, 0.1) is 0 Å². The molecule has 1 aromatic heterocycles. The van der Waals surface area contributed by atoms with Crippen molar-refractivity contribution in [1.82, 2.24) is 15.2 Å². The predicted octanol–water partition coefficient (Wildman–Crippen LogP) is -0.927. The van der Waals surface area contributed by atoms with E-state index in [-0.39, 0.29) is 29.8 Å². The summed E-state index contributed by atoms with van der Waals surface area (Å²) in [4.78, 5) is 34.5. The molecule has 0 atom stereocenters. The second-order valence-electron chi connectivity index (χ2n) is 4.84. The fraction of sp³-hybridized carbons (Fsp3) is 0.462. The summed E-state index contributed by atoms with van der Waals surface area (Å²) < 4.78 is 1.24. The average molecular weight is 278 g/mol. The minimum Gasteiger partial charge on any atom is -0.398 e. The molecule has 20 heavy (non-hydrogen) atoms. The van der Waals surface area contributed by atoms with Crippen LogP contribution in [0.15, 0.2) is 23.1 Å². The Morgan fingerprint density at radius 1 is 1.25 bits per heavy atom. The molecular weight excluding hydrogens is 260 g/mol. The van der Waals surface area contributed by atoms with Gasteiger partial charge >= 0.3 is 0 Å². The van der Waals surface area contributed by atoms with Crippen LogP contribution in [0.25, 0.3) is 0 Å². The number of carbonyl (C=O) groups excluding carboxylic acids is 2. The Bertz CT molecular complexity index is 563. The van der Waals surface area contributed by atoms with Crippen molar-refractivity contribution in [3.05, 3.63) is 28.7 Å². The molecule has 0 saturated heterocycles. The number of nitrogens with two attached hydrogens (primary N) is 1. The molecule has 0 aromatic carbocycles. The third kappa shape index (κ3) is 4.11. The van der Waals surface area contributed by atoms with E-state index in [1.807, 2.05) is 0 Å². The summed E-state index contributed by atoms with van der Waals surface area (Å²) in [6.45, 7) is 0.654. The van der Waals surface area contributed by atoms with Crippen LogP contribution in [-0.2, 0) is 16.1 Å². The Morgan fingerprint density at radius 3 is 2.65 bits per heavy atom. The van der Waals surface area contributed by atoms with Gasteiger partial charge in [0.1, 0.15) is 6.54 Å². The maximum Gasteiger partial charge on any atom is 0.251 e. The molecule has 1 heterocycles. The second-order valence-corrected chi connectivity index (χ2v) is 4.84. The predicted molar refractivity (Wildman–Crippen MR) is 73.9 cm³/mol. The summed E-state index contributed by atoms with van der Waals surface area (Å²) in [5, 5.41) is 5.38. The van der Waals surface area contributed by atoms with E-state index in [9.17, 15) is 14.4 Å². The number of anilines is 1. The van der Waals surface area contributed by atoms with Gasteiger partial charge in [0, 0.05) is 37.0 Å². The highest BCUT2D eigenvalue weighted by molar-refractivity contribution is 5.81. The van der Waals surface area contributed by atoms with Crippen LogP contribution in [0.4, 0.5) is 5.69 Å². The lowest BCUT2D eigenvalue weighted by atomic mass is 10.4. The van der Waals surface area contributed by atoms with Gasteiger partial charge in [0.2, 0.25) is 11.8 Å². The molecule has 108 valence electrons. The lowest BCUT2D eigenvalue weighted by molar-refractivity contribution is -0.123. The molecule has 1 saturated carbocycles. The van der Waals surface area contributed by atoms with Crippen molar-refractivity contribution in [3.63, 3.8) is 0 Å². The Balaban J connectivity index is 1.70. The first-order valence-electron chi connectivity index (χ1n) is 6.56. The average Bonchev–Trinajstić information content (AvgIpc) is 3.23. The van der Waals surface area contributed by atoms with Gasteiger partial charge in [-0.1, -0.05) is 0 Å². The second kappa shape index (κ2) is 6.23. The van der Waals surface area contributed by atoms with Crippen LogP contribution in [0, 0.1) is 5.92 Å². The number of carbonyl (C=O) groups is 2.